The van der Waals surface area contributed by atoms with Gasteiger partial charge in [0.05, 0.1) is 21.5 Å². The summed E-state index contributed by atoms with van der Waals surface area (Å²) in [6, 6.07) is 14.2. The summed E-state index contributed by atoms with van der Waals surface area (Å²) in [4.78, 5) is 16.4. The first kappa shape index (κ1) is 22.1. The topological polar surface area (TPSA) is 60.9 Å². The van der Waals surface area contributed by atoms with Gasteiger partial charge in [0.25, 0.3) is 0 Å². The molecule has 1 amide bonds. The van der Waals surface area contributed by atoms with Gasteiger partial charge in [-0.25, -0.2) is 8.42 Å². The molecule has 0 aromatic heterocycles. The van der Waals surface area contributed by atoms with E-state index in [4.69, 9.17) is 23.2 Å². The molecule has 2 aromatic carbocycles. The van der Waals surface area contributed by atoms with E-state index in [1.807, 2.05) is 42.3 Å². The van der Waals surface area contributed by atoms with Crippen molar-refractivity contribution >= 4 is 39.1 Å². The van der Waals surface area contributed by atoms with Crippen LogP contribution in [0.1, 0.15) is 5.56 Å². The van der Waals surface area contributed by atoms with E-state index in [-0.39, 0.29) is 35.5 Å². The van der Waals surface area contributed by atoms with Crippen LogP contribution in [0.2, 0.25) is 10.0 Å². The Balaban J connectivity index is 1.55. The molecule has 1 aliphatic rings. The van der Waals surface area contributed by atoms with Crippen LogP contribution in [0.3, 0.4) is 0 Å². The summed E-state index contributed by atoms with van der Waals surface area (Å²) in [5, 5.41) is 0.503. The van der Waals surface area contributed by atoms with Crippen LogP contribution < -0.4 is 0 Å². The molecule has 1 saturated heterocycles. The first-order valence-electron chi connectivity index (χ1n) is 9.23. The van der Waals surface area contributed by atoms with Crippen molar-refractivity contribution in [2.45, 2.75) is 11.4 Å². The van der Waals surface area contributed by atoms with Crippen LogP contribution >= 0.6 is 23.2 Å². The first-order valence-corrected chi connectivity index (χ1v) is 11.4. The molecule has 2 aromatic rings. The van der Waals surface area contributed by atoms with Gasteiger partial charge in [-0.3, -0.25) is 9.69 Å². The highest BCUT2D eigenvalue weighted by atomic mass is 35.5. The maximum Gasteiger partial charge on any atom is 0.243 e. The van der Waals surface area contributed by atoms with Crippen molar-refractivity contribution in [1.82, 2.24) is 14.1 Å². The summed E-state index contributed by atoms with van der Waals surface area (Å²) in [7, 11) is -1.77. The lowest BCUT2D eigenvalue weighted by molar-refractivity contribution is -0.133. The molecule has 9 heteroatoms. The van der Waals surface area contributed by atoms with E-state index in [0.29, 0.717) is 24.7 Å². The van der Waals surface area contributed by atoms with Crippen LogP contribution in [-0.2, 0) is 21.4 Å². The Kier molecular flexibility index (Phi) is 7.19. The molecule has 0 saturated carbocycles. The van der Waals surface area contributed by atoms with Crippen molar-refractivity contribution in [2.75, 3.05) is 39.8 Å². The lowest BCUT2D eigenvalue weighted by atomic mass is 10.2. The molecule has 0 unspecified atom stereocenters. The third kappa shape index (κ3) is 5.49. The van der Waals surface area contributed by atoms with Crippen LogP contribution in [0, 0.1) is 0 Å². The molecule has 0 spiro atoms. The summed E-state index contributed by atoms with van der Waals surface area (Å²) >= 11 is 11.8. The average Bonchev–Trinajstić information content (AvgIpc) is 2.70. The van der Waals surface area contributed by atoms with Gasteiger partial charge in [0, 0.05) is 32.7 Å². The number of carbonyl (C=O) groups excluding carboxylic acids is 1. The zero-order valence-electron chi connectivity index (χ0n) is 16.1. The highest BCUT2D eigenvalue weighted by Crippen LogP contribution is 2.27. The zero-order valence-corrected chi connectivity index (χ0v) is 18.4. The fourth-order valence-electron chi connectivity index (χ4n) is 3.25. The molecule has 0 atom stereocenters. The minimum atomic E-state index is -3.67. The van der Waals surface area contributed by atoms with Gasteiger partial charge in [-0.15, -0.1) is 0 Å². The number of halogens is 2. The molecule has 156 valence electrons. The number of hydrogen-bond acceptors (Lipinski definition) is 4. The number of rotatable bonds is 6. The number of carbonyl (C=O) groups is 1. The second-order valence-electron chi connectivity index (χ2n) is 7.02. The Morgan fingerprint density at radius 3 is 2.28 bits per heavy atom. The summed E-state index contributed by atoms with van der Waals surface area (Å²) in [5.74, 6) is -0.00461. The van der Waals surface area contributed by atoms with E-state index in [9.17, 15) is 13.2 Å². The summed E-state index contributed by atoms with van der Waals surface area (Å²) in [6.07, 6.45) is 0. The highest BCUT2D eigenvalue weighted by Gasteiger charge is 2.30. The third-order valence-corrected chi connectivity index (χ3v) is 7.45. The van der Waals surface area contributed by atoms with Crippen molar-refractivity contribution in [2.24, 2.45) is 0 Å². The lowest BCUT2D eigenvalue weighted by Crippen LogP contribution is -2.52. The molecule has 0 radical (unpaired) electrons. The number of benzene rings is 2. The third-order valence-electron chi connectivity index (χ3n) is 4.82. The van der Waals surface area contributed by atoms with Gasteiger partial charge < -0.3 is 4.90 Å². The molecule has 6 nitrogen and oxygen atoms in total. The fraction of sp³-hybridized carbons (Fsp3) is 0.350. The van der Waals surface area contributed by atoms with E-state index < -0.39 is 10.0 Å². The minimum absolute atomic E-state index is 0.00461. The van der Waals surface area contributed by atoms with E-state index >= 15 is 0 Å². The molecule has 0 aliphatic carbocycles. The van der Waals surface area contributed by atoms with Gasteiger partial charge in [0.1, 0.15) is 0 Å². The van der Waals surface area contributed by atoms with Gasteiger partial charge in [0.15, 0.2) is 0 Å². The Hall–Kier alpha value is -1.64. The van der Waals surface area contributed by atoms with Crippen molar-refractivity contribution in [3.05, 3.63) is 64.1 Å². The van der Waals surface area contributed by atoms with Crippen molar-refractivity contribution in [3.8, 4) is 0 Å². The maximum atomic E-state index is 12.8. The molecule has 0 N–H and O–H groups in total. The first-order chi connectivity index (χ1) is 13.8. The predicted molar refractivity (Wildman–Crippen MR) is 115 cm³/mol. The normalized spacial score (nSPS) is 15.7. The van der Waals surface area contributed by atoms with Gasteiger partial charge in [-0.2, -0.15) is 4.31 Å². The molecule has 1 aliphatic heterocycles. The minimum Gasteiger partial charge on any atom is -0.339 e. The molecular formula is C20H23Cl2N3O3S. The number of nitrogens with zero attached hydrogens (tertiary/aromatic N) is 3. The largest absolute Gasteiger partial charge is 0.339 e. The van der Waals surface area contributed by atoms with Crippen LogP contribution in [-0.4, -0.2) is 68.2 Å². The molecule has 1 fully saturated rings. The fourth-order valence-corrected chi connectivity index (χ4v) is 5.06. The summed E-state index contributed by atoms with van der Waals surface area (Å²) in [5.41, 5.74) is 1.14. The average molecular weight is 456 g/mol. The molecule has 1 heterocycles. The van der Waals surface area contributed by atoms with E-state index in [2.05, 4.69) is 0 Å². The quantitative estimate of drug-likeness (QED) is 0.671. The standard InChI is InChI=1S/C20H23Cl2N3O3S/c1-23(14-16-5-3-2-4-6-16)15-20(26)24-9-11-25(12-10-24)29(27,28)17-7-8-18(21)19(22)13-17/h2-8,13H,9-12,14-15H2,1H3. The second kappa shape index (κ2) is 9.45. The van der Waals surface area contributed by atoms with Gasteiger partial charge >= 0.3 is 0 Å². The molecular weight excluding hydrogens is 433 g/mol. The van der Waals surface area contributed by atoms with Crippen molar-refractivity contribution in [3.63, 3.8) is 0 Å². The predicted octanol–water partition coefficient (Wildman–Crippen LogP) is 2.96. The van der Waals surface area contributed by atoms with Crippen LogP contribution in [0.5, 0.6) is 0 Å². The molecule has 3 rings (SSSR count). The lowest BCUT2D eigenvalue weighted by Gasteiger charge is -2.34. The number of likely N-dealkylation sites (N-methyl/N-ethyl adjacent to an activating group) is 1. The number of hydrogen-bond donors (Lipinski definition) is 0. The van der Waals surface area contributed by atoms with Crippen LogP contribution in [0.4, 0.5) is 0 Å². The maximum absolute atomic E-state index is 12.8. The van der Waals surface area contributed by atoms with Gasteiger partial charge in [0.2, 0.25) is 15.9 Å². The Morgan fingerprint density at radius 1 is 1.00 bits per heavy atom. The monoisotopic (exact) mass is 455 g/mol. The van der Waals surface area contributed by atoms with Crippen LogP contribution in [0.15, 0.2) is 53.4 Å². The zero-order chi connectivity index (χ0) is 21.0. The molecule has 29 heavy (non-hydrogen) atoms. The highest BCUT2D eigenvalue weighted by molar-refractivity contribution is 7.89. The second-order valence-corrected chi connectivity index (χ2v) is 9.77. The van der Waals surface area contributed by atoms with Gasteiger partial charge in [-0.1, -0.05) is 53.5 Å². The van der Waals surface area contributed by atoms with Crippen LogP contribution in [0.25, 0.3) is 0 Å². The Labute approximate surface area is 181 Å². The van der Waals surface area contributed by atoms with E-state index in [1.165, 1.54) is 22.5 Å². The smallest absolute Gasteiger partial charge is 0.243 e. The number of amides is 1. The number of piperazine rings is 1. The Morgan fingerprint density at radius 2 is 1.66 bits per heavy atom. The van der Waals surface area contributed by atoms with Crippen molar-refractivity contribution in [1.29, 1.82) is 0 Å². The SMILES string of the molecule is CN(CC(=O)N1CCN(S(=O)(=O)c2ccc(Cl)c(Cl)c2)CC1)Cc1ccccc1. The number of sulfonamides is 1. The molecule has 0 bridgehead atoms. The van der Waals surface area contributed by atoms with E-state index in [1.54, 1.807) is 4.90 Å². The summed E-state index contributed by atoms with van der Waals surface area (Å²) in [6.45, 7) is 2.18. The summed E-state index contributed by atoms with van der Waals surface area (Å²) < 4.78 is 27.0. The van der Waals surface area contributed by atoms with E-state index in [0.717, 1.165) is 5.56 Å². The van der Waals surface area contributed by atoms with Gasteiger partial charge in [-0.05, 0) is 30.8 Å². The Bertz CT molecular complexity index is 962. The van der Waals surface area contributed by atoms with Crippen molar-refractivity contribution < 1.29 is 13.2 Å².